The molecule has 102 valence electrons. The van der Waals surface area contributed by atoms with Gasteiger partial charge in [0, 0.05) is 19.2 Å². The van der Waals surface area contributed by atoms with Gasteiger partial charge in [0.1, 0.15) is 0 Å². The molecular formula is C15H17BrClNS. The molecule has 1 nitrogen and oxygen atoms in total. The van der Waals surface area contributed by atoms with Crippen LogP contribution in [0.15, 0.2) is 34.8 Å². The molecule has 0 radical (unpaired) electrons. The van der Waals surface area contributed by atoms with Crippen molar-refractivity contribution in [2.24, 2.45) is 5.73 Å². The van der Waals surface area contributed by atoms with Crippen LogP contribution >= 0.6 is 38.9 Å². The highest BCUT2D eigenvalue weighted by molar-refractivity contribution is 9.10. The van der Waals surface area contributed by atoms with E-state index in [4.69, 9.17) is 17.3 Å². The maximum absolute atomic E-state index is 6.35. The molecule has 0 saturated heterocycles. The standard InChI is InChI=1S/C15H17BrClNS/c1-15(2,3)13-7-6-12(19-13)14(18)10-8-9(16)4-5-11(10)17/h4-8,14H,18H2,1-3H3. The van der Waals surface area contributed by atoms with Crippen molar-refractivity contribution in [2.75, 3.05) is 0 Å². The third-order valence-electron chi connectivity index (χ3n) is 2.97. The van der Waals surface area contributed by atoms with E-state index < -0.39 is 0 Å². The molecule has 0 aliphatic carbocycles. The van der Waals surface area contributed by atoms with Crippen molar-refractivity contribution in [2.45, 2.75) is 32.2 Å². The van der Waals surface area contributed by atoms with Crippen LogP contribution in [0.1, 0.15) is 42.1 Å². The summed E-state index contributed by atoms with van der Waals surface area (Å²) in [4.78, 5) is 2.48. The zero-order chi connectivity index (χ0) is 14.2. The fourth-order valence-electron chi connectivity index (χ4n) is 1.83. The van der Waals surface area contributed by atoms with Crippen LogP contribution in [0.4, 0.5) is 0 Å². The molecule has 19 heavy (non-hydrogen) atoms. The first kappa shape index (κ1) is 15.0. The molecule has 2 rings (SSSR count). The minimum atomic E-state index is -0.175. The van der Waals surface area contributed by atoms with Crippen LogP contribution in [0.3, 0.4) is 0 Å². The maximum atomic E-state index is 6.35. The monoisotopic (exact) mass is 357 g/mol. The van der Waals surface area contributed by atoms with Gasteiger partial charge >= 0.3 is 0 Å². The highest BCUT2D eigenvalue weighted by Crippen LogP contribution is 2.36. The number of nitrogens with two attached hydrogens (primary N) is 1. The molecule has 1 heterocycles. The predicted molar refractivity (Wildman–Crippen MR) is 88.2 cm³/mol. The fourth-order valence-corrected chi connectivity index (χ4v) is 3.53. The van der Waals surface area contributed by atoms with Gasteiger partial charge in [0.2, 0.25) is 0 Å². The van der Waals surface area contributed by atoms with Gasteiger partial charge in [-0.05, 0) is 41.3 Å². The summed E-state index contributed by atoms with van der Waals surface area (Å²) in [7, 11) is 0. The van der Waals surface area contributed by atoms with Crippen molar-refractivity contribution in [3.05, 3.63) is 55.1 Å². The van der Waals surface area contributed by atoms with Crippen LogP contribution < -0.4 is 5.73 Å². The summed E-state index contributed by atoms with van der Waals surface area (Å²) in [5.41, 5.74) is 7.46. The zero-order valence-electron chi connectivity index (χ0n) is 11.2. The summed E-state index contributed by atoms with van der Waals surface area (Å²) in [6.07, 6.45) is 0. The van der Waals surface area contributed by atoms with Gasteiger partial charge in [0.25, 0.3) is 0 Å². The summed E-state index contributed by atoms with van der Waals surface area (Å²) < 4.78 is 0.995. The largest absolute Gasteiger partial charge is 0.320 e. The van der Waals surface area contributed by atoms with E-state index >= 15 is 0 Å². The van der Waals surface area contributed by atoms with Gasteiger partial charge in [0.05, 0.1) is 6.04 Å². The summed E-state index contributed by atoms with van der Waals surface area (Å²) in [6, 6.07) is 9.88. The number of hydrogen-bond donors (Lipinski definition) is 1. The Hall–Kier alpha value is -0.350. The fraction of sp³-hybridized carbons (Fsp3) is 0.333. The molecule has 2 aromatic rings. The Kier molecular flexibility index (Phi) is 4.41. The first-order valence-electron chi connectivity index (χ1n) is 6.10. The molecule has 0 spiro atoms. The van der Waals surface area contributed by atoms with E-state index in [1.807, 2.05) is 18.2 Å². The van der Waals surface area contributed by atoms with Crippen molar-refractivity contribution in [1.29, 1.82) is 0 Å². The minimum absolute atomic E-state index is 0.156. The Bertz CT molecular complexity index is 586. The van der Waals surface area contributed by atoms with Crippen LogP contribution in [-0.4, -0.2) is 0 Å². The Morgan fingerprint density at radius 1 is 1.21 bits per heavy atom. The SMILES string of the molecule is CC(C)(C)c1ccc(C(N)c2cc(Br)ccc2Cl)s1. The summed E-state index contributed by atoms with van der Waals surface area (Å²) in [6.45, 7) is 6.63. The Balaban J connectivity index is 2.36. The molecule has 1 unspecified atom stereocenters. The minimum Gasteiger partial charge on any atom is -0.320 e. The average molecular weight is 359 g/mol. The number of rotatable bonds is 2. The lowest BCUT2D eigenvalue weighted by Gasteiger charge is -2.16. The van der Waals surface area contributed by atoms with Gasteiger partial charge in [0.15, 0.2) is 0 Å². The van der Waals surface area contributed by atoms with E-state index in [-0.39, 0.29) is 11.5 Å². The highest BCUT2D eigenvalue weighted by Gasteiger charge is 2.20. The Labute approximate surface area is 131 Å². The molecule has 0 aliphatic rings. The predicted octanol–water partition coefficient (Wildman–Crippen LogP) is 5.51. The van der Waals surface area contributed by atoms with Crippen LogP contribution in [0.5, 0.6) is 0 Å². The van der Waals surface area contributed by atoms with E-state index in [1.165, 1.54) is 4.88 Å². The van der Waals surface area contributed by atoms with Gasteiger partial charge in [-0.25, -0.2) is 0 Å². The van der Waals surface area contributed by atoms with Crippen molar-refractivity contribution < 1.29 is 0 Å². The second kappa shape index (κ2) is 5.57. The number of halogens is 2. The van der Waals surface area contributed by atoms with E-state index in [9.17, 15) is 0 Å². The quantitative estimate of drug-likeness (QED) is 0.752. The second-order valence-corrected chi connectivity index (χ2v) is 8.03. The lowest BCUT2D eigenvalue weighted by Crippen LogP contribution is -2.11. The lowest BCUT2D eigenvalue weighted by molar-refractivity contribution is 0.604. The first-order chi connectivity index (χ1) is 8.79. The molecule has 0 amide bonds. The van der Waals surface area contributed by atoms with Gasteiger partial charge in [-0.3, -0.25) is 0 Å². The van der Waals surface area contributed by atoms with E-state index in [2.05, 4.69) is 48.8 Å². The van der Waals surface area contributed by atoms with E-state index in [0.29, 0.717) is 5.02 Å². The molecule has 1 atom stereocenters. The van der Waals surface area contributed by atoms with Gasteiger partial charge in [-0.1, -0.05) is 48.3 Å². The third kappa shape index (κ3) is 3.40. The molecule has 4 heteroatoms. The van der Waals surface area contributed by atoms with Crippen LogP contribution in [0.2, 0.25) is 5.02 Å². The summed E-state index contributed by atoms with van der Waals surface area (Å²) in [5, 5.41) is 0.710. The summed E-state index contributed by atoms with van der Waals surface area (Å²) in [5.74, 6) is 0. The lowest BCUT2D eigenvalue weighted by atomic mass is 9.95. The van der Waals surface area contributed by atoms with Gasteiger partial charge in [-0.15, -0.1) is 11.3 Å². The first-order valence-corrected chi connectivity index (χ1v) is 8.08. The van der Waals surface area contributed by atoms with Crippen molar-refractivity contribution in [1.82, 2.24) is 0 Å². The molecule has 0 bridgehead atoms. The number of hydrogen-bond acceptors (Lipinski definition) is 2. The smallest absolute Gasteiger partial charge is 0.0661 e. The summed E-state index contributed by atoms with van der Waals surface area (Å²) >= 11 is 11.5. The molecule has 1 aromatic heterocycles. The number of thiophene rings is 1. The maximum Gasteiger partial charge on any atom is 0.0661 e. The second-order valence-electron chi connectivity index (χ2n) is 5.60. The molecule has 1 aromatic carbocycles. The Morgan fingerprint density at radius 3 is 2.47 bits per heavy atom. The molecule has 2 N–H and O–H groups in total. The molecule has 0 aliphatic heterocycles. The van der Waals surface area contributed by atoms with Crippen LogP contribution in [0.25, 0.3) is 0 Å². The van der Waals surface area contributed by atoms with Gasteiger partial charge < -0.3 is 5.73 Å². The number of benzene rings is 1. The molecule has 0 saturated carbocycles. The Morgan fingerprint density at radius 2 is 1.89 bits per heavy atom. The van der Waals surface area contributed by atoms with Gasteiger partial charge in [-0.2, -0.15) is 0 Å². The van der Waals surface area contributed by atoms with Crippen molar-refractivity contribution in [3.8, 4) is 0 Å². The van der Waals surface area contributed by atoms with Crippen molar-refractivity contribution >= 4 is 38.9 Å². The average Bonchev–Trinajstić information content (AvgIpc) is 2.80. The highest BCUT2D eigenvalue weighted by atomic mass is 79.9. The van der Waals surface area contributed by atoms with E-state index in [1.54, 1.807) is 11.3 Å². The molecular weight excluding hydrogens is 342 g/mol. The zero-order valence-corrected chi connectivity index (χ0v) is 14.4. The van der Waals surface area contributed by atoms with Crippen LogP contribution in [0, 0.1) is 0 Å². The van der Waals surface area contributed by atoms with E-state index in [0.717, 1.165) is 14.9 Å². The van der Waals surface area contributed by atoms with Crippen LogP contribution in [-0.2, 0) is 5.41 Å². The normalized spacial score (nSPS) is 13.6. The van der Waals surface area contributed by atoms with Crippen molar-refractivity contribution in [3.63, 3.8) is 0 Å². The molecule has 0 fully saturated rings. The third-order valence-corrected chi connectivity index (χ3v) is 5.40. The topological polar surface area (TPSA) is 26.0 Å².